The number of para-hydroxylation sites is 1. The van der Waals surface area contributed by atoms with Gasteiger partial charge in [0.05, 0.1) is 38.0 Å². The summed E-state index contributed by atoms with van der Waals surface area (Å²) in [5, 5.41) is 7.75. The molecule has 1 aliphatic rings. The van der Waals surface area contributed by atoms with Gasteiger partial charge in [0, 0.05) is 24.8 Å². The van der Waals surface area contributed by atoms with Crippen molar-refractivity contribution in [2.75, 3.05) is 49.1 Å². The van der Waals surface area contributed by atoms with E-state index in [9.17, 15) is 4.89 Å². The van der Waals surface area contributed by atoms with E-state index in [2.05, 4.69) is 44.6 Å². The molecule has 0 aliphatic carbocycles. The first-order valence-electron chi connectivity index (χ1n) is 11.4. The van der Waals surface area contributed by atoms with E-state index >= 15 is 0 Å². The molecule has 0 bridgehead atoms. The smallest absolute Gasteiger partial charge is 0.229 e. The van der Waals surface area contributed by atoms with E-state index in [0.29, 0.717) is 16.8 Å². The summed E-state index contributed by atoms with van der Waals surface area (Å²) >= 11 is 6.39. The van der Waals surface area contributed by atoms with E-state index in [0.717, 1.165) is 47.1 Å². The Kier molecular flexibility index (Phi) is 7.46. The van der Waals surface area contributed by atoms with Gasteiger partial charge in [-0.15, -0.1) is 0 Å². The molecule has 180 valence electrons. The van der Waals surface area contributed by atoms with Crippen LogP contribution in [0.1, 0.15) is 19.8 Å². The van der Waals surface area contributed by atoms with Gasteiger partial charge in [0.25, 0.3) is 0 Å². The van der Waals surface area contributed by atoms with E-state index in [1.165, 1.54) is 12.8 Å². The molecule has 3 aromatic rings. The minimum Gasteiger partial charge on any atom is -0.494 e. The van der Waals surface area contributed by atoms with Gasteiger partial charge in [-0.25, -0.2) is 9.88 Å². The highest BCUT2D eigenvalue weighted by atomic mass is 35.5. The van der Waals surface area contributed by atoms with Gasteiger partial charge < -0.3 is 20.3 Å². The highest BCUT2D eigenvalue weighted by Crippen LogP contribution is 2.47. The number of halogens is 1. The number of anilines is 5. The summed E-state index contributed by atoms with van der Waals surface area (Å²) in [7, 11) is -0.579. The van der Waals surface area contributed by atoms with Crippen molar-refractivity contribution in [2.24, 2.45) is 5.92 Å². The first-order chi connectivity index (χ1) is 16.2. The zero-order chi connectivity index (χ0) is 24.3. The molecule has 0 spiro atoms. The van der Waals surface area contributed by atoms with Crippen molar-refractivity contribution in [3.63, 3.8) is 0 Å². The van der Waals surface area contributed by atoms with Crippen LogP contribution in [-0.2, 0) is 0 Å². The molecule has 2 heterocycles. The van der Waals surface area contributed by atoms with E-state index < -0.39 is 7.49 Å². The van der Waals surface area contributed by atoms with E-state index in [1.807, 2.05) is 43.7 Å². The van der Waals surface area contributed by atoms with Gasteiger partial charge in [-0.05, 0) is 43.0 Å². The van der Waals surface area contributed by atoms with Gasteiger partial charge in [-0.1, -0.05) is 30.7 Å². The SMILES string of the molecule is COc1cc(N2CCC(C)CC2)ccc1Nc1ncc(Cl)c(Nc2ccccc2[P+](C)(C)O)n1. The van der Waals surface area contributed by atoms with E-state index in [4.69, 9.17) is 16.3 Å². The summed E-state index contributed by atoms with van der Waals surface area (Å²) in [4.78, 5) is 22.0. The van der Waals surface area contributed by atoms with E-state index in [1.54, 1.807) is 13.3 Å². The Bertz CT molecular complexity index is 1150. The summed E-state index contributed by atoms with van der Waals surface area (Å²) in [5.74, 6) is 2.35. The maximum atomic E-state index is 10.6. The number of ether oxygens (including phenoxy) is 1. The van der Waals surface area contributed by atoms with Crippen LogP contribution in [0.15, 0.2) is 48.7 Å². The second-order valence-electron chi connectivity index (χ2n) is 9.11. The fraction of sp³-hybridized carbons (Fsp3) is 0.360. The van der Waals surface area contributed by atoms with Crippen LogP contribution in [0.3, 0.4) is 0 Å². The third-order valence-electron chi connectivity index (χ3n) is 6.07. The number of piperidine rings is 1. The van der Waals surface area contributed by atoms with Gasteiger partial charge in [-0.2, -0.15) is 4.98 Å². The van der Waals surface area contributed by atoms with Crippen LogP contribution in [0.2, 0.25) is 5.02 Å². The van der Waals surface area contributed by atoms with Crippen LogP contribution in [0.25, 0.3) is 0 Å². The first kappa shape index (κ1) is 24.5. The molecule has 2 aromatic carbocycles. The predicted octanol–water partition coefficient (Wildman–Crippen LogP) is 5.67. The molecule has 0 saturated carbocycles. The lowest BCUT2D eigenvalue weighted by Gasteiger charge is -2.32. The Hall–Kier alpha value is -2.60. The van der Waals surface area contributed by atoms with Crippen LogP contribution in [0.5, 0.6) is 5.75 Å². The summed E-state index contributed by atoms with van der Waals surface area (Å²) in [5.41, 5.74) is 2.70. The average Bonchev–Trinajstić information content (AvgIpc) is 2.81. The molecule has 1 saturated heterocycles. The standard InChI is InChI=1S/C25H32ClN5O2P/c1-17-11-13-31(14-12-17)18-9-10-20(22(15-18)33-2)29-25-27-16-19(26)24(30-25)28-21-7-5-6-8-23(21)34(3,4)32/h5-10,15-17,32H,11-14H2,1-4H3,(H2,27,28,29,30)/q+1. The normalized spacial score (nSPS) is 14.7. The summed E-state index contributed by atoms with van der Waals surface area (Å²) in [6.45, 7) is 8.12. The number of aromatic nitrogens is 2. The monoisotopic (exact) mass is 500 g/mol. The lowest BCUT2D eigenvalue weighted by molar-refractivity contribution is 0.415. The molecule has 34 heavy (non-hydrogen) atoms. The number of hydrogen-bond acceptors (Lipinski definition) is 7. The van der Waals surface area contributed by atoms with Crippen LogP contribution in [0.4, 0.5) is 28.8 Å². The second kappa shape index (κ2) is 10.3. The molecule has 0 unspecified atom stereocenters. The number of nitrogens with zero attached hydrogens (tertiary/aromatic N) is 3. The number of nitrogens with one attached hydrogen (secondary N) is 2. The number of hydrogen-bond donors (Lipinski definition) is 3. The molecule has 9 heteroatoms. The Balaban J connectivity index is 1.56. The zero-order valence-electron chi connectivity index (χ0n) is 20.0. The van der Waals surface area contributed by atoms with Crippen molar-refractivity contribution in [3.05, 3.63) is 53.7 Å². The van der Waals surface area contributed by atoms with Crippen LogP contribution in [-0.4, -0.2) is 48.4 Å². The van der Waals surface area contributed by atoms with Gasteiger partial charge in [-0.3, -0.25) is 0 Å². The van der Waals surface area contributed by atoms with Crippen molar-refractivity contribution < 1.29 is 9.63 Å². The topological polar surface area (TPSA) is 82.5 Å². The van der Waals surface area contributed by atoms with E-state index in [-0.39, 0.29) is 0 Å². The Morgan fingerprint density at radius 1 is 1.09 bits per heavy atom. The molecule has 7 nitrogen and oxygen atoms in total. The lowest BCUT2D eigenvalue weighted by atomic mass is 9.99. The number of benzene rings is 2. The average molecular weight is 501 g/mol. The third-order valence-corrected chi connectivity index (χ3v) is 7.92. The fourth-order valence-corrected chi connectivity index (χ4v) is 5.38. The largest absolute Gasteiger partial charge is 0.494 e. The second-order valence-corrected chi connectivity index (χ2v) is 12.8. The van der Waals surface area contributed by atoms with Gasteiger partial charge in [0.2, 0.25) is 5.95 Å². The summed E-state index contributed by atoms with van der Waals surface area (Å²) in [6, 6.07) is 13.8. The lowest BCUT2D eigenvalue weighted by Crippen LogP contribution is -2.32. The van der Waals surface area contributed by atoms with Crippen molar-refractivity contribution in [1.29, 1.82) is 0 Å². The molecule has 0 amide bonds. The maximum Gasteiger partial charge on any atom is 0.229 e. The summed E-state index contributed by atoms with van der Waals surface area (Å²) < 4.78 is 5.66. The van der Waals surface area contributed by atoms with Gasteiger partial charge in [0.15, 0.2) is 13.3 Å². The van der Waals surface area contributed by atoms with Crippen molar-refractivity contribution in [1.82, 2.24) is 9.97 Å². The molecule has 3 N–H and O–H groups in total. The van der Waals surface area contributed by atoms with Crippen molar-refractivity contribution in [2.45, 2.75) is 19.8 Å². The van der Waals surface area contributed by atoms with Crippen LogP contribution < -0.4 is 25.6 Å². The summed E-state index contributed by atoms with van der Waals surface area (Å²) in [6.07, 6.45) is 3.96. The van der Waals surface area contributed by atoms with Gasteiger partial charge >= 0.3 is 0 Å². The molecule has 0 radical (unpaired) electrons. The van der Waals surface area contributed by atoms with Crippen molar-refractivity contribution >= 4 is 53.2 Å². The number of rotatable bonds is 7. The number of methoxy groups -OCH3 is 1. The molecule has 1 aromatic heterocycles. The fourth-order valence-electron chi connectivity index (χ4n) is 4.07. The van der Waals surface area contributed by atoms with Crippen LogP contribution >= 0.6 is 19.1 Å². The van der Waals surface area contributed by atoms with Crippen LogP contribution in [0, 0.1) is 5.92 Å². The van der Waals surface area contributed by atoms with Crippen molar-refractivity contribution in [3.8, 4) is 5.75 Å². The quantitative estimate of drug-likeness (QED) is 0.360. The molecular formula is C25H32ClN5O2P+. The Morgan fingerprint density at radius 3 is 2.53 bits per heavy atom. The molecule has 4 rings (SSSR count). The third kappa shape index (κ3) is 5.72. The maximum absolute atomic E-state index is 10.6. The molecule has 0 atom stereocenters. The molecular weight excluding hydrogens is 469 g/mol. The minimum atomic E-state index is -2.24. The Morgan fingerprint density at radius 2 is 1.82 bits per heavy atom. The highest BCUT2D eigenvalue weighted by Gasteiger charge is 2.29. The minimum absolute atomic E-state index is 0.385. The van der Waals surface area contributed by atoms with Gasteiger partial charge in [0.1, 0.15) is 16.1 Å². The Labute approximate surface area is 207 Å². The highest BCUT2D eigenvalue weighted by molar-refractivity contribution is 7.76. The first-order valence-corrected chi connectivity index (χ1v) is 14.4. The predicted molar refractivity (Wildman–Crippen MR) is 144 cm³/mol. The molecule has 1 fully saturated rings. The zero-order valence-corrected chi connectivity index (χ0v) is 21.7. The molecule has 1 aliphatic heterocycles.